The van der Waals surface area contributed by atoms with Gasteiger partial charge in [0.1, 0.15) is 23.2 Å². The van der Waals surface area contributed by atoms with Crippen molar-refractivity contribution < 1.29 is 4.42 Å². The van der Waals surface area contributed by atoms with Gasteiger partial charge in [-0.25, -0.2) is 9.97 Å². The molecule has 0 spiro atoms. The average molecular weight is 288 g/mol. The molecule has 2 N–H and O–H groups in total. The van der Waals surface area contributed by atoms with Crippen molar-refractivity contribution >= 4 is 11.6 Å². The van der Waals surface area contributed by atoms with Gasteiger partial charge < -0.3 is 15.1 Å². The fourth-order valence-electron chi connectivity index (χ4n) is 2.11. The number of nitrogens with zero attached hydrogens (tertiary/aromatic N) is 2. The Labute approximate surface area is 126 Å². The second-order valence-corrected chi connectivity index (χ2v) is 5.16. The van der Waals surface area contributed by atoms with Crippen molar-refractivity contribution in [1.29, 1.82) is 0 Å². The van der Waals surface area contributed by atoms with Gasteiger partial charge in [-0.2, -0.15) is 0 Å². The molecule has 0 saturated carbocycles. The minimum absolute atomic E-state index is 0.245. The molecule has 2 aromatic rings. The lowest BCUT2D eigenvalue weighted by Crippen LogP contribution is -2.19. The minimum Gasteiger partial charge on any atom is -0.469 e. The van der Waals surface area contributed by atoms with Crippen LogP contribution in [-0.4, -0.2) is 22.6 Å². The predicted molar refractivity (Wildman–Crippen MR) is 85.7 cm³/mol. The molecule has 5 heteroatoms. The van der Waals surface area contributed by atoms with Crippen molar-refractivity contribution in [3.63, 3.8) is 0 Å². The number of rotatable bonds is 8. The molecule has 0 radical (unpaired) electrons. The Morgan fingerprint density at radius 3 is 2.71 bits per heavy atom. The molecule has 0 bridgehead atoms. The second-order valence-electron chi connectivity index (χ2n) is 5.16. The van der Waals surface area contributed by atoms with E-state index in [1.165, 1.54) is 0 Å². The van der Waals surface area contributed by atoms with Gasteiger partial charge in [0.25, 0.3) is 0 Å². The van der Waals surface area contributed by atoms with Gasteiger partial charge in [0.05, 0.1) is 6.26 Å². The monoisotopic (exact) mass is 288 g/mol. The predicted octanol–water partition coefficient (Wildman–Crippen LogP) is 3.50. The first-order valence-electron chi connectivity index (χ1n) is 7.62. The summed E-state index contributed by atoms with van der Waals surface area (Å²) in [6, 6.07) is 6.11. The molecule has 0 aliphatic heterocycles. The molecule has 1 atom stereocenters. The molecule has 0 aliphatic rings. The number of furan rings is 1. The Morgan fingerprint density at radius 1 is 1.24 bits per heavy atom. The number of anilines is 2. The van der Waals surface area contributed by atoms with Crippen LogP contribution in [0, 0.1) is 0 Å². The minimum atomic E-state index is 0.245. The van der Waals surface area contributed by atoms with Crippen molar-refractivity contribution in [1.82, 2.24) is 9.97 Å². The van der Waals surface area contributed by atoms with Crippen LogP contribution in [0.5, 0.6) is 0 Å². The molecule has 21 heavy (non-hydrogen) atoms. The maximum Gasteiger partial charge on any atom is 0.132 e. The molecule has 114 valence electrons. The molecule has 0 aliphatic carbocycles. The molecule has 5 nitrogen and oxygen atoms in total. The summed E-state index contributed by atoms with van der Waals surface area (Å²) in [6.07, 6.45) is 4.43. The van der Waals surface area contributed by atoms with Gasteiger partial charge >= 0.3 is 0 Å². The van der Waals surface area contributed by atoms with Crippen molar-refractivity contribution in [3.05, 3.63) is 36.0 Å². The summed E-state index contributed by atoms with van der Waals surface area (Å²) in [5.74, 6) is 3.57. The van der Waals surface area contributed by atoms with Crippen LogP contribution in [-0.2, 0) is 12.8 Å². The highest BCUT2D eigenvalue weighted by atomic mass is 16.3. The quantitative estimate of drug-likeness (QED) is 0.778. The standard InChI is InChI=1S/C16H24N4O/c1-4-8-17-15-11-16(20-14(5-2)19-15)18-12(3)10-13-7-6-9-21-13/h6-7,9,11-12H,4-5,8,10H2,1-3H3,(H2,17,18,19,20). The van der Waals surface area contributed by atoms with Crippen LogP contribution >= 0.6 is 0 Å². The Kier molecular flexibility index (Phi) is 5.60. The van der Waals surface area contributed by atoms with E-state index in [-0.39, 0.29) is 6.04 Å². The normalized spacial score (nSPS) is 12.1. The first-order chi connectivity index (χ1) is 10.2. The number of aryl methyl sites for hydroxylation is 1. The SMILES string of the molecule is CCCNc1cc(NC(C)Cc2ccco2)nc(CC)n1. The highest BCUT2D eigenvalue weighted by Gasteiger charge is 2.09. The lowest BCUT2D eigenvalue weighted by Gasteiger charge is -2.15. The molecule has 0 fully saturated rings. The summed E-state index contributed by atoms with van der Waals surface area (Å²) in [6.45, 7) is 7.24. The summed E-state index contributed by atoms with van der Waals surface area (Å²) in [4.78, 5) is 9.03. The molecule has 2 heterocycles. The van der Waals surface area contributed by atoms with Gasteiger partial charge in [-0.3, -0.25) is 0 Å². The summed E-state index contributed by atoms with van der Waals surface area (Å²) < 4.78 is 5.38. The third-order valence-corrected chi connectivity index (χ3v) is 3.13. The molecular formula is C16H24N4O. The summed E-state index contributed by atoms with van der Waals surface area (Å²) in [5, 5.41) is 6.74. The van der Waals surface area contributed by atoms with Gasteiger partial charge in [-0.15, -0.1) is 0 Å². The van der Waals surface area contributed by atoms with Crippen LogP contribution in [0.3, 0.4) is 0 Å². The fraction of sp³-hybridized carbons (Fsp3) is 0.500. The van der Waals surface area contributed by atoms with Crippen molar-refractivity contribution in [2.75, 3.05) is 17.2 Å². The number of nitrogens with one attached hydrogen (secondary N) is 2. The number of hydrogen-bond donors (Lipinski definition) is 2. The largest absolute Gasteiger partial charge is 0.469 e. The van der Waals surface area contributed by atoms with E-state index in [0.717, 1.165) is 49.0 Å². The second kappa shape index (κ2) is 7.67. The summed E-state index contributed by atoms with van der Waals surface area (Å²) in [5.41, 5.74) is 0. The van der Waals surface area contributed by atoms with Crippen LogP contribution in [0.1, 0.15) is 38.8 Å². The topological polar surface area (TPSA) is 63.0 Å². The maximum atomic E-state index is 5.38. The van der Waals surface area contributed by atoms with E-state index in [4.69, 9.17) is 4.42 Å². The van der Waals surface area contributed by atoms with Gasteiger partial charge in [0.15, 0.2) is 0 Å². The number of hydrogen-bond acceptors (Lipinski definition) is 5. The van der Waals surface area contributed by atoms with E-state index in [1.807, 2.05) is 18.2 Å². The Hall–Kier alpha value is -2.04. The van der Waals surface area contributed by atoms with E-state index < -0.39 is 0 Å². The molecule has 2 aromatic heterocycles. The summed E-state index contributed by atoms with van der Waals surface area (Å²) in [7, 11) is 0. The smallest absolute Gasteiger partial charge is 0.132 e. The lowest BCUT2D eigenvalue weighted by atomic mass is 10.2. The zero-order valence-electron chi connectivity index (χ0n) is 13.0. The maximum absolute atomic E-state index is 5.38. The highest BCUT2D eigenvalue weighted by molar-refractivity contribution is 5.48. The first kappa shape index (κ1) is 15.4. The van der Waals surface area contributed by atoms with Crippen LogP contribution < -0.4 is 10.6 Å². The van der Waals surface area contributed by atoms with E-state index in [9.17, 15) is 0 Å². The van der Waals surface area contributed by atoms with Gasteiger partial charge in [0, 0.05) is 31.5 Å². The van der Waals surface area contributed by atoms with Gasteiger partial charge in [-0.1, -0.05) is 13.8 Å². The Bertz CT molecular complexity index is 539. The average Bonchev–Trinajstić information content (AvgIpc) is 2.97. The first-order valence-corrected chi connectivity index (χ1v) is 7.62. The van der Waals surface area contributed by atoms with Crippen molar-refractivity contribution in [2.24, 2.45) is 0 Å². The van der Waals surface area contributed by atoms with Crippen LogP contribution in [0.2, 0.25) is 0 Å². The third kappa shape index (κ3) is 4.77. The fourth-order valence-corrected chi connectivity index (χ4v) is 2.11. The van der Waals surface area contributed by atoms with Crippen molar-refractivity contribution in [2.45, 2.75) is 46.1 Å². The summed E-state index contributed by atoms with van der Waals surface area (Å²) >= 11 is 0. The van der Waals surface area contributed by atoms with Crippen molar-refractivity contribution in [3.8, 4) is 0 Å². The van der Waals surface area contributed by atoms with Crippen LogP contribution in [0.25, 0.3) is 0 Å². The van der Waals surface area contributed by atoms with Gasteiger partial charge in [0.2, 0.25) is 0 Å². The van der Waals surface area contributed by atoms with E-state index in [1.54, 1.807) is 6.26 Å². The number of aromatic nitrogens is 2. The van der Waals surface area contributed by atoms with E-state index in [0.29, 0.717) is 0 Å². The van der Waals surface area contributed by atoms with Crippen LogP contribution in [0.4, 0.5) is 11.6 Å². The van der Waals surface area contributed by atoms with Gasteiger partial charge in [-0.05, 0) is 25.5 Å². The molecule has 2 rings (SSSR count). The molecule has 1 unspecified atom stereocenters. The molecule has 0 aromatic carbocycles. The zero-order chi connectivity index (χ0) is 15.1. The highest BCUT2D eigenvalue weighted by Crippen LogP contribution is 2.14. The lowest BCUT2D eigenvalue weighted by molar-refractivity contribution is 0.497. The molecule has 0 saturated heterocycles. The van der Waals surface area contributed by atoms with E-state index in [2.05, 4.69) is 41.4 Å². The van der Waals surface area contributed by atoms with E-state index >= 15 is 0 Å². The van der Waals surface area contributed by atoms with Crippen LogP contribution in [0.15, 0.2) is 28.9 Å². The Balaban J connectivity index is 2.03. The molecule has 0 amide bonds. The third-order valence-electron chi connectivity index (χ3n) is 3.13. The Morgan fingerprint density at radius 2 is 2.05 bits per heavy atom. The molecular weight excluding hydrogens is 264 g/mol. The zero-order valence-corrected chi connectivity index (χ0v) is 13.0.